The summed E-state index contributed by atoms with van der Waals surface area (Å²) in [7, 11) is 0. The third-order valence-corrected chi connectivity index (χ3v) is 5.26. The Kier molecular flexibility index (Phi) is 4.78. The van der Waals surface area contributed by atoms with Crippen molar-refractivity contribution in [3.8, 4) is 0 Å². The van der Waals surface area contributed by atoms with Crippen LogP contribution in [0.15, 0.2) is 30.3 Å². The highest BCUT2D eigenvalue weighted by atomic mass is 16.2. The summed E-state index contributed by atoms with van der Waals surface area (Å²) in [6.45, 7) is 6.49. The minimum absolute atomic E-state index is 0.0216. The molecule has 6 nitrogen and oxygen atoms in total. The van der Waals surface area contributed by atoms with Crippen LogP contribution in [0.25, 0.3) is 0 Å². The largest absolute Gasteiger partial charge is 0.350 e. The van der Waals surface area contributed by atoms with Gasteiger partial charge in [0, 0.05) is 6.54 Å². The SMILES string of the molecule is CC1CC(C)(C)CC2(C1)NC(=O)N(CC(=O)NCc1ccccc1)C2=O. The van der Waals surface area contributed by atoms with Crippen LogP contribution in [-0.4, -0.2) is 34.8 Å². The zero-order valence-electron chi connectivity index (χ0n) is 15.7. The van der Waals surface area contributed by atoms with Gasteiger partial charge in [-0.3, -0.25) is 14.5 Å². The summed E-state index contributed by atoms with van der Waals surface area (Å²) >= 11 is 0. The lowest BCUT2D eigenvalue weighted by Gasteiger charge is -2.43. The fourth-order valence-electron chi connectivity index (χ4n) is 4.65. The quantitative estimate of drug-likeness (QED) is 0.813. The van der Waals surface area contributed by atoms with E-state index < -0.39 is 11.6 Å². The Morgan fingerprint density at radius 1 is 1.23 bits per heavy atom. The highest BCUT2D eigenvalue weighted by Gasteiger charge is 2.56. The molecule has 140 valence electrons. The second-order valence-corrected chi connectivity index (χ2v) is 8.52. The van der Waals surface area contributed by atoms with Crippen LogP contribution in [0, 0.1) is 11.3 Å². The van der Waals surface area contributed by atoms with Gasteiger partial charge in [0.1, 0.15) is 12.1 Å². The number of nitrogens with one attached hydrogen (secondary N) is 2. The van der Waals surface area contributed by atoms with Gasteiger partial charge in [0.15, 0.2) is 0 Å². The number of urea groups is 1. The lowest BCUT2D eigenvalue weighted by atomic mass is 9.64. The van der Waals surface area contributed by atoms with E-state index in [4.69, 9.17) is 0 Å². The van der Waals surface area contributed by atoms with Crippen molar-refractivity contribution in [2.24, 2.45) is 11.3 Å². The molecular weight excluding hydrogens is 330 g/mol. The molecule has 2 atom stereocenters. The van der Waals surface area contributed by atoms with Crippen molar-refractivity contribution in [2.75, 3.05) is 6.54 Å². The summed E-state index contributed by atoms with van der Waals surface area (Å²) in [4.78, 5) is 38.7. The molecule has 2 aliphatic rings. The van der Waals surface area contributed by atoms with E-state index in [2.05, 4.69) is 31.4 Å². The number of hydrogen-bond donors (Lipinski definition) is 2. The van der Waals surface area contributed by atoms with Crippen LogP contribution in [0.3, 0.4) is 0 Å². The maximum absolute atomic E-state index is 13.0. The van der Waals surface area contributed by atoms with Crippen molar-refractivity contribution in [3.63, 3.8) is 0 Å². The number of carbonyl (C=O) groups is 3. The molecule has 1 aromatic rings. The van der Waals surface area contributed by atoms with Gasteiger partial charge in [0.25, 0.3) is 5.91 Å². The number of hydrogen-bond acceptors (Lipinski definition) is 3. The summed E-state index contributed by atoms with van der Waals surface area (Å²) in [5.74, 6) is -0.260. The number of nitrogens with zero attached hydrogens (tertiary/aromatic N) is 1. The van der Waals surface area contributed by atoms with Gasteiger partial charge < -0.3 is 10.6 Å². The van der Waals surface area contributed by atoms with Crippen molar-refractivity contribution in [3.05, 3.63) is 35.9 Å². The zero-order valence-corrected chi connectivity index (χ0v) is 15.7. The molecule has 4 amide bonds. The summed E-state index contributed by atoms with van der Waals surface area (Å²) in [5, 5.41) is 5.66. The number of rotatable bonds is 4. The van der Waals surface area contributed by atoms with E-state index in [-0.39, 0.29) is 23.8 Å². The smallest absolute Gasteiger partial charge is 0.325 e. The van der Waals surface area contributed by atoms with Crippen LogP contribution in [0.4, 0.5) is 4.79 Å². The maximum atomic E-state index is 13.0. The van der Waals surface area contributed by atoms with E-state index in [1.807, 2.05) is 30.3 Å². The second-order valence-electron chi connectivity index (χ2n) is 8.52. The summed E-state index contributed by atoms with van der Waals surface area (Å²) in [5.41, 5.74) is 0.0850. The second kappa shape index (κ2) is 6.74. The van der Waals surface area contributed by atoms with Crippen molar-refractivity contribution in [1.82, 2.24) is 15.5 Å². The first-order chi connectivity index (χ1) is 12.2. The molecule has 2 N–H and O–H groups in total. The van der Waals surface area contributed by atoms with Crippen LogP contribution < -0.4 is 10.6 Å². The molecule has 3 rings (SSSR count). The van der Waals surface area contributed by atoms with Crippen LogP contribution >= 0.6 is 0 Å². The van der Waals surface area contributed by atoms with Crippen LogP contribution in [0.1, 0.15) is 45.6 Å². The molecular formula is C20H27N3O3. The van der Waals surface area contributed by atoms with Crippen LogP contribution in [0.5, 0.6) is 0 Å². The van der Waals surface area contributed by atoms with E-state index >= 15 is 0 Å². The molecule has 6 heteroatoms. The van der Waals surface area contributed by atoms with Crippen LogP contribution in [-0.2, 0) is 16.1 Å². The van der Waals surface area contributed by atoms with Gasteiger partial charge in [-0.1, -0.05) is 51.1 Å². The predicted octanol–water partition coefficient (Wildman–Crippen LogP) is 2.44. The predicted molar refractivity (Wildman–Crippen MR) is 98.1 cm³/mol. The first kappa shape index (κ1) is 18.4. The summed E-state index contributed by atoms with van der Waals surface area (Å²) in [6.07, 6.45) is 2.26. The Hall–Kier alpha value is -2.37. The van der Waals surface area contributed by atoms with Gasteiger partial charge in [-0.25, -0.2) is 4.79 Å². The molecule has 0 bridgehead atoms. The highest BCUT2D eigenvalue weighted by Crippen LogP contribution is 2.46. The Balaban J connectivity index is 1.65. The van der Waals surface area contributed by atoms with Crippen molar-refractivity contribution >= 4 is 17.8 Å². The molecule has 0 aromatic heterocycles. The fraction of sp³-hybridized carbons (Fsp3) is 0.550. The molecule has 2 unspecified atom stereocenters. The standard InChI is InChI=1S/C20H27N3O3/c1-14-9-19(2,3)13-20(10-14)17(25)23(18(26)22-20)12-16(24)21-11-15-7-5-4-6-8-15/h4-8,14H,9-13H2,1-3H3,(H,21,24)(H,22,26). The zero-order chi connectivity index (χ0) is 18.9. The Labute approximate surface area is 154 Å². The maximum Gasteiger partial charge on any atom is 0.325 e. The van der Waals surface area contributed by atoms with E-state index in [1.165, 1.54) is 0 Å². The first-order valence-corrected chi connectivity index (χ1v) is 9.16. The number of carbonyl (C=O) groups excluding carboxylic acids is 3. The Bertz CT molecular complexity index is 716. The third kappa shape index (κ3) is 3.74. The van der Waals surface area contributed by atoms with Crippen LogP contribution in [0.2, 0.25) is 0 Å². The molecule has 1 aliphatic carbocycles. The first-order valence-electron chi connectivity index (χ1n) is 9.16. The molecule has 1 saturated carbocycles. The lowest BCUT2D eigenvalue weighted by Crippen LogP contribution is -2.54. The molecule has 1 heterocycles. The molecule has 1 saturated heterocycles. The average molecular weight is 357 g/mol. The van der Waals surface area contributed by atoms with E-state index in [0.29, 0.717) is 25.3 Å². The minimum Gasteiger partial charge on any atom is -0.350 e. The van der Waals surface area contributed by atoms with Crippen molar-refractivity contribution in [1.29, 1.82) is 0 Å². The molecule has 1 aliphatic heterocycles. The number of benzene rings is 1. The average Bonchev–Trinajstić information content (AvgIpc) is 2.75. The van der Waals surface area contributed by atoms with Crippen molar-refractivity contribution < 1.29 is 14.4 Å². The Morgan fingerprint density at radius 3 is 2.58 bits per heavy atom. The highest BCUT2D eigenvalue weighted by molar-refractivity contribution is 6.09. The Morgan fingerprint density at radius 2 is 1.92 bits per heavy atom. The number of imide groups is 1. The van der Waals surface area contributed by atoms with E-state index in [0.717, 1.165) is 16.9 Å². The van der Waals surface area contributed by atoms with E-state index in [9.17, 15) is 14.4 Å². The molecule has 0 radical (unpaired) electrons. The van der Waals surface area contributed by atoms with Gasteiger partial charge in [-0.05, 0) is 36.2 Å². The summed E-state index contributed by atoms with van der Waals surface area (Å²) < 4.78 is 0. The van der Waals surface area contributed by atoms with Gasteiger partial charge in [0.05, 0.1) is 0 Å². The monoisotopic (exact) mass is 357 g/mol. The van der Waals surface area contributed by atoms with Gasteiger partial charge in [-0.15, -0.1) is 0 Å². The molecule has 2 fully saturated rings. The number of amides is 4. The molecule has 26 heavy (non-hydrogen) atoms. The van der Waals surface area contributed by atoms with E-state index in [1.54, 1.807) is 0 Å². The van der Waals surface area contributed by atoms with Gasteiger partial charge >= 0.3 is 6.03 Å². The van der Waals surface area contributed by atoms with Crippen molar-refractivity contribution in [2.45, 2.75) is 52.1 Å². The normalized spacial score (nSPS) is 27.5. The van der Waals surface area contributed by atoms with Gasteiger partial charge in [-0.2, -0.15) is 0 Å². The topological polar surface area (TPSA) is 78.5 Å². The minimum atomic E-state index is -0.863. The summed E-state index contributed by atoms with van der Waals surface area (Å²) in [6, 6.07) is 9.06. The fourth-order valence-corrected chi connectivity index (χ4v) is 4.65. The molecule has 1 aromatic carbocycles. The molecule has 1 spiro atoms. The lowest BCUT2D eigenvalue weighted by molar-refractivity contribution is -0.137. The third-order valence-electron chi connectivity index (χ3n) is 5.26. The van der Waals surface area contributed by atoms with Gasteiger partial charge in [0.2, 0.25) is 5.91 Å².